The topological polar surface area (TPSA) is 4.93 Å². The first kappa shape index (κ1) is 18.2. The molecule has 0 atom stereocenters. The molecule has 0 fully saturated rings. The van der Waals surface area contributed by atoms with Crippen LogP contribution in [0, 0.1) is 0 Å². The molecular formula is C32H21N. The molecule has 0 saturated heterocycles. The minimum absolute atomic E-state index is 1.18. The van der Waals surface area contributed by atoms with Crippen molar-refractivity contribution in [3.63, 3.8) is 0 Å². The molecule has 1 heterocycles. The van der Waals surface area contributed by atoms with Crippen LogP contribution in [0.25, 0.3) is 60.2 Å². The maximum atomic E-state index is 2.42. The molecule has 0 N–H and O–H groups in total. The number of aromatic nitrogens is 1. The predicted octanol–water partition coefficient (Wildman–Crippen LogP) is 8.76. The van der Waals surface area contributed by atoms with Gasteiger partial charge in [-0.2, -0.15) is 0 Å². The average Bonchev–Trinajstić information content (AvgIpc) is 3.22. The van der Waals surface area contributed by atoms with Gasteiger partial charge in [0.25, 0.3) is 0 Å². The van der Waals surface area contributed by atoms with Crippen molar-refractivity contribution in [3.8, 4) is 16.8 Å². The quantitative estimate of drug-likeness (QED) is 0.247. The second-order valence-electron chi connectivity index (χ2n) is 8.62. The lowest BCUT2D eigenvalue weighted by Gasteiger charge is -2.14. The van der Waals surface area contributed by atoms with Crippen LogP contribution in [0.5, 0.6) is 0 Å². The summed E-state index contributed by atoms with van der Waals surface area (Å²) in [5.41, 5.74) is 6.20. The Morgan fingerprint density at radius 3 is 1.91 bits per heavy atom. The summed E-state index contributed by atoms with van der Waals surface area (Å²) in [7, 11) is 0. The molecule has 0 aliphatic heterocycles. The van der Waals surface area contributed by atoms with Crippen LogP contribution in [0.4, 0.5) is 0 Å². The summed E-state index contributed by atoms with van der Waals surface area (Å²) in [5, 5.41) is 7.67. The lowest BCUT2D eigenvalue weighted by molar-refractivity contribution is 1.18. The zero-order chi connectivity index (χ0) is 21.8. The fraction of sp³-hybridized carbons (Fsp3) is 0. The van der Waals surface area contributed by atoms with Crippen LogP contribution in [-0.4, -0.2) is 4.57 Å². The van der Waals surface area contributed by atoms with Crippen LogP contribution in [-0.2, 0) is 0 Å². The number of para-hydroxylation sites is 3. The van der Waals surface area contributed by atoms with Crippen molar-refractivity contribution in [2.45, 2.75) is 0 Å². The Labute approximate surface area is 192 Å². The molecule has 1 heteroatoms. The third-order valence-corrected chi connectivity index (χ3v) is 6.75. The molecule has 1 aromatic heterocycles. The third kappa shape index (κ3) is 2.73. The van der Waals surface area contributed by atoms with Gasteiger partial charge in [-0.15, -0.1) is 0 Å². The molecule has 0 radical (unpaired) electrons. The minimum atomic E-state index is 1.18. The van der Waals surface area contributed by atoms with E-state index in [1.165, 1.54) is 60.2 Å². The molecule has 0 aliphatic carbocycles. The Hall–Kier alpha value is -4.36. The molecule has 0 spiro atoms. The summed E-state index contributed by atoms with van der Waals surface area (Å²) in [5.74, 6) is 0. The van der Waals surface area contributed by atoms with E-state index in [-0.39, 0.29) is 0 Å². The van der Waals surface area contributed by atoms with Crippen molar-refractivity contribution in [1.29, 1.82) is 0 Å². The molecule has 7 rings (SSSR count). The van der Waals surface area contributed by atoms with Gasteiger partial charge < -0.3 is 4.57 Å². The van der Waals surface area contributed by atoms with E-state index >= 15 is 0 Å². The number of benzene rings is 6. The van der Waals surface area contributed by atoms with Crippen molar-refractivity contribution < 1.29 is 0 Å². The number of hydrogen-bond donors (Lipinski definition) is 0. The van der Waals surface area contributed by atoms with E-state index in [1.54, 1.807) is 0 Å². The van der Waals surface area contributed by atoms with Crippen molar-refractivity contribution in [2.75, 3.05) is 0 Å². The molecule has 1 nitrogen and oxygen atoms in total. The number of fused-ring (bicyclic) bond motifs is 5. The SMILES string of the molecule is c1ccc(-n2c3ccccc3c3cccc(-c4cccc5cc6ccccc6cc45)c32)cc1. The van der Waals surface area contributed by atoms with E-state index < -0.39 is 0 Å². The summed E-state index contributed by atoms with van der Waals surface area (Å²) >= 11 is 0. The van der Waals surface area contributed by atoms with E-state index in [0.29, 0.717) is 0 Å². The molecule has 0 saturated carbocycles. The van der Waals surface area contributed by atoms with Gasteiger partial charge >= 0.3 is 0 Å². The van der Waals surface area contributed by atoms with Crippen molar-refractivity contribution in [1.82, 2.24) is 4.57 Å². The third-order valence-electron chi connectivity index (χ3n) is 6.75. The highest BCUT2D eigenvalue weighted by atomic mass is 15.0. The summed E-state index contributed by atoms with van der Waals surface area (Å²) in [4.78, 5) is 0. The number of nitrogens with zero attached hydrogens (tertiary/aromatic N) is 1. The van der Waals surface area contributed by atoms with Gasteiger partial charge in [0, 0.05) is 22.0 Å². The Morgan fingerprint density at radius 2 is 1.03 bits per heavy atom. The second kappa shape index (κ2) is 7.08. The molecule has 7 aromatic rings. The first-order chi connectivity index (χ1) is 16.4. The Morgan fingerprint density at radius 1 is 0.394 bits per heavy atom. The normalized spacial score (nSPS) is 11.6. The number of rotatable bonds is 2. The highest BCUT2D eigenvalue weighted by molar-refractivity contribution is 6.16. The largest absolute Gasteiger partial charge is 0.309 e. The molecule has 0 unspecified atom stereocenters. The molecule has 0 bridgehead atoms. The summed E-state index contributed by atoms with van der Waals surface area (Å²) in [6.45, 7) is 0. The standard InChI is InChI=1S/C32H21N/c1-2-13-25(14-3-1)33-31-19-7-6-15-27(31)29-18-9-17-28(32(29)33)26-16-8-12-24-20-22-10-4-5-11-23(22)21-30(24)26/h1-21H. The monoisotopic (exact) mass is 419 g/mol. The van der Waals surface area contributed by atoms with E-state index in [9.17, 15) is 0 Å². The Bertz CT molecular complexity index is 1810. The van der Waals surface area contributed by atoms with Crippen molar-refractivity contribution in [3.05, 3.63) is 127 Å². The van der Waals surface area contributed by atoms with Crippen LogP contribution < -0.4 is 0 Å². The van der Waals surface area contributed by atoms with Crippen LogP contribution in [0.2, 0.25) is 0 Å². The van der Waals surface area contributed by atoms with Crippen molar-refractivity contribution >= 4 is 43.4 Å². The molecule has 0 amide bonds. The molecule has 154 valence electrons. The Kier molecular flexibility index (Phi) is 3.91. The minimum Gasteiger partial charge on any atom is -0.309 e. The molecule has 0 aliphatic rings. The number of hydrogen-bond acceptors (Lipinski definition) is 0. The highest BCUT2D eigenvalue weighted by Gasteiger charge is 2.17. The second-order valence-corrected chi connectivity index (χ2v) is 8.62. The smallest absolute Gasteiger partial charge is 0.0619 e. The van der Waals surface area contributed by atoms with Gasteiger partial charge in [-0.25, -0.2) is 0 Å². The zero-order valence-electron chi connectivity index (χ0n) is 18.1. The van der Waals surface area contributed by atoms with Gasteiger partial charge in [-0.3, -0.25) is 0 Å². The van der Waals surface area contributed by atoms with E-state index in [2.05, 4.69) is 132 Å². The molecular weight excluding hydrogens is 398 g/mol. The molecule has 6 aromatic carbocycles. The maximum Gasteiger partial charge on any atom is 0.0619 e. The predicted molar refractivity (Wildman–Crippen MR) is 141 cm³/mol. The first-order valence-electron chi connectivity index (χ1n) is 11.4. The lowest BCUT2D eigenvalue weighted by Crippen LogP contribution is -1.95. The van der Waals surface area contributed by atoms with Gasteiger partial charge in [-0.1, -0.05) is 97.1 Å². The average molecular weight is 420 g/mol. The van der Waals surface area contributed by atoms with E-state index in [4.69, 9.17) is 0 Å². The van der Waals surface area contributed by atoms with Crippen LogP contribution in [0.15, 0.2) is 127 Å². The van der Waals surface area contributed by atoms with Gasteiger partial charge in [0.05, 0.1) is 11.0 Å². The molecule has 33 heavy (non-hydrogen) atoms. The summed E-state index contributed by atoms with van der Waals surface area (Å²) in [6, 6.07) is 46.1. The van der Waals surface area contributed by atoms with Crippen LogP contribution >= 0.6 is 0 Å². The maximum absolute atomic E-state index is 2.42. The van der Waals surface area contributed by atoms with E-state index in [1.807, 2.05) is 0 Å². The van der Waals surface area contributed by atoms with Gasteiger partial charge in [0.2, 0.25) is 0 Å². The summed E-state index contributed by atoms with van der Waals surface area (Å²) in [6.07, 6.45) is 0. The van der Waals surface area contributed by atoms with Gasteiger partial charge in [0.15, 0.2) is 0 Å². The van der Waals surface area contributed by atoms with Gasteiger partial charge in [-0.05, 0) is 57.4 Å². The van der Waals surface area contributed by atoms with Crippen LogP contribution in [0.3, 0.4) is 0 Å². The van der Waals surface area contributed by atoms with Crippen LogP contribution in [0.1, 0.15) is 0 Å². The zero-order valence-corrected chi connectivity index (χ0v) is 18.1. The highest BCUT2D eigenvalue weighted by Crippen LogP contribution is 2.40. The summed E-state index contributed by atoms with van der Waals surface area (Å²) < 4.78 is 2.42. The van der Waals surface area contributed by atoms with Crippen molar-refractivity contribution in [2.24, 2.45) is 0 Å². The van der Waals surface area contributed by atoms with E-state index in [0.717, 1.165) is 0 Å². The fourth-order valence-corrected chi connectivity index (χ4v) is 5.28. The van der Waals surface area contributed by atoms with Gasteiger partial charge in [0.1, 0.15) is 0 Å². The fourth-order valence-electron chi connectivity index (χ4n) is 5.28. The Balaban J connectivity index is 1.65. The first-order valence-corrected chi connectivity index (χ1v) is 11.4. The lowest BCUT2D eigenvalue weighted by atomic mass is 9.94.